The van der Waals surface area contributed by atoms with Gasteiger partial charge in [0.15, 0.2) is 0 Å². The molecule has 0 fully saturated rings. The summed E-state index contributed by atoms with van der Waals surface area (Å²) in [6, 6.07) is 0. The monoisotopic (exact) mass is 346 g/mol. The van der Waals surface area contributed by atoms with Crippen LogP contribution < -0.4 is 0 Å². The molecule has 0 N–H and O–H groups in total. The second kappa shape index (κ2) is 12.3. The first-order valence-electron chi connectivity index (χ1n) is 7.24. The lowest BCUT2D eigenvalue weighted by atomic mass is 10.1. The van der Waals surface area contributed by atoms with Gasteiger partial charge in [-0.2, -0.15) is 0 Å². The molecule has 0 spiro atoms. The number of hydrogen-bond acceptors (Lipinski definition) is 2. The van der Waals surface area contributed by atoms with E-state index in [0.29, 0.717) is 6.42 Å². The van der Waals surface area contributed by atoms with Gasteiger partial charge in [0.1, 0.15) is 0 Å². The summed E-state index contributed by atoms with van der Waals surface area (Å²) in [6.45, 7) is 2.23. The predicted molar refractivity (Wildman–Crippen MR) is 85.9 cm³/mol. The van der Waals surface area contributed by atoms with Crippen molar-refractivity contribution in [2.24, 2.45) is 0 Å². The predicted octanol–water partition coefficient (Wildman–Crippen LogP) is 5.99. The highest BCUT2D eigenvalue weighted by atomic mass is 35.8. The molecule has 0 amide bonds. The molecule has 0 heterocycles. The first-order valence-corrected chi connectivity index (χ1v) is 12.2. The van der Waals surface area contributed by atoms with E-state index >= 15 is 0 Å². The van der Waals surface area contributed by atoms with Crippen LogP contribution in [0.25, 0.3) is 0 Å². The van der Waals surface area contributed by atoms with Crippen LogP contribution in [0.2, 0.25) is 0 Å². The maximum absolute atomic E-state index is 11.3. The third-order valence-electron chi connectivity index (χ3n) is 2.96. The summed E-state index contributed by atoms with van der Waals surface area (Å²) in [6.07, 6.45) is 9.41. The zero-order chi connectivity index (χ0) is 14.6. The van der Waals surface area contributed by atoms with Gasteiger partial charge in [0, 0.05) is 6.42 Å². The molecule has 0 aliphatic carbocycles. The van der Waals surface area contributed by atoms with Crippen LogP contribution in [-0.2, 0) is 9.22 Å². The highest BCUT2D eigenvalue weighted by molar-refractivity contribution is 7.62. The first kappa shape index (κ1) is 19.6. The van der Waals surface area contributed by atoms with E-state index in [1.165, 1.54) is 51.4 Å². The van der Waals surface area contributed by atoms with Crippen molar-refractivity contribution in [3.05, 3.63) is 0 Å². The molecule has 0 bridgehead atoms. The molecule has 0 aliphatic heterocycles. The first-order chi connectivity index (χ1) is 8.95. The van der Waals surface area contributed by atoms with Gasteiger partial charge in [-0.25, -0.2) is 0 Å². The number of hydrogen-bond donors (Lipinski definition) is 0. The lowest BCUT2D eigenvalue weighted by Crippen LogP contribution is -2.21. The van der Waals surface area contributed by atoms with Crippen molar-refractivity contribution in [2.45, 2.75) is 77.6 Å². The molecule has 0 aromatic heterocycles. The van der Waals surface area contributed by atoms with Gasteiger partial charge >= 0.3 is 6.25 Å². The fraction of sp³-hybridized carbons (Fsp3) is 0.923. The minimum atomic E-state index is -3.25. The maximum atomic E-state index is 11.3. The van der Waals surface area contributed by atoms with Gasteiger partial charge < -0.3 is 4.43 Å². The van der Waals surface area contributed by atoms with E-state index in [9.17, 15) is 4.79 Å². The molecule has 0 aliphatic rings. The Morgan fingerprint density at radius 1 is 0.842 bits per heavy atom. The van der Waals surface area contributed by atoms with Crippen LogP contribution in [-0.4, -0.2) is 12.2 Å². The molecule has 6 heteroatoms. The van der Waals surface area contributed by atoms with Crippen molar-refractivity contribution in [3.8, 4) is 0 Å². The van der Waals surface area contributed by atoms with Crippen molar-refractivity contribution < 1.29 is 9.22 Å². The Morgan fingerprint density at radius 2 is 1.26 bits per heavy atom. The fourth-order valence-corrected chi connectivity index (χ4v) is 3.07. The molecule has 2 nitrogen and oxygen atoms in total. The van der Waals surface area contributed by atoms with Gasteiger partial charge in [-0.3, -0.25) is 4.79 Å². The quantitative estimate of drug-likeness (QED) is 0.246. The minimum absolute atomic E-state index is 0.359. The van der Waals surface area contributed by atoms with Crippen molar-refractivity contribution in [3.63, 3.8) is 0 Å². The van der Waals surface area contributed by atoms with Crippen LogP contribution in [0.1, 0.15) is 77.6 Å². The molecule has 0 radical (unpaired) electrons. The Morgan fingerprint density at radius 3 is 1.68 bits per heavy atom. The zero-order valence-electron chi connectivity index (χ0n) is 11.7. The Balaban J connectivity index is 3.21. The standard InChI is InChI=1S/C13H25Cl3O2Si/c1-2-3-4-5-6-7-8-9-10-11-12-13(17)18-19(14,15)16/h2-12H2,1H3. The molecule has 0 aromatic rings. The van der Waals surface area contributed by atoms with Crippen molar-refractivity contribution >= 4 is 45.5 Å². The smallest absolute Gasteiger partial charge is 0.481 e. The molecule has 0 saturated heterocycles. The molecule has 0 aromatic carbocycles. The number of carbonyl (C=O) groups is 1. The minimum Gasteiger partial charge on any atom is -0.481 e. The number of rotatable bonds is 12. The normalized spacial score (nSPS) is 11.6. The van der Waals surface area contributed by atoms with E-state index in [-0.39, 0.29) is 5.97 Å². The van der Waals surface area contributed by atoms with E-state index in [0.717, 1.165) is 12.8 Å². The van der Waals surface area contributed by atoms with Crippen molar-refractivity contribution in [1.29, 1.82) is 0 Å². The van der Waals surface area contributed by atoms with E-state index in [4.69, 9.17) is 37.7 Å². The van der Waals surface area contributed by atoms with Gasteiger partial charge in [0.25, 0.3) is 5.97 Å². The Bertz CT molecular complexity index is 232. The lowest BCUT2D eigenvalue weighted by molar-refractivity contribution is -0.134. The van der Waals surface area contributed by atoms with Gasteiger partial charge in [-0.05, 0) is 6.42 Å². The summed E-state index contributed by atoms with van der Waals surface area (Å²) in [5.41, 5.74) is 0. The molecule has 0 saturated carbocycles. The van der Waals surface area contributed by atoms with Gasteiger partial charge in [-0.15, -0.1) is 0 Å². The van der Waals surface area contributed by atoms with Gasteiger partial charge in [0.2, 0.25) is 0 Å². The fourth-order valence-electron chi connectivity index (χ4n) is 1.94. The lowest BCUT2D eigenvalue weighted by Gasteiger charge is -2.09. The van der Waals surface area contributed by atoms with Crippen LogP contribution in [0.3, 0.4) is 0 Å². The molecule has 0 rings (SSSR count). The van der Waals surface area contributed by atoms with Crippen LogP contribution in [0.4, 0.5) is 0 Å². The van der Waals surface area contributed by atoms with E-state index < -0.39 is 6.25 Å². The van der Waals surface area contributed by atoms with E-state index in [1.54, 1.807) is 0 Å². The molecule has 114 valence electrons. The van der Waals surface area contributed by atoms with Gasteiger partial charge in [-0.1, -0.05) is 97.9 Å². The highest BCUT2D eigenvalue weighted by Gasteiger charge is 2.32. The van der Waals surface area contributed by atoms with E-state index in [1.807, 2.05) is 0 Å². The molecule has 19 heavy (non-hydrogen) atoms. The summed E-state index contributed by atoms with van der Waals surface area (Å²) in [5.74, 6) is -0.383. The number of unbranched alkanes of at least 4 members (excludes halogenated alkanes) is 9. The second-order valence-electron chi connectivity index (χ2n) is 4.85. The number of carbonyl (C=O) groups excluding carboxylic acids is 1. The van der Waals surface area contributed by atoms with Crippen LogP contribution in [0.15, 0.2) is 0 Å². The Hall–Kier alpha value is 0.557. The molecule has 0 unspecified atom stereocenters. The summed E-state index contributed by atoms with van der Waals surface area (Å²) < 4.78 is 4.72. The van der Waals surface area contributed by atoms with E-state index in [2.05, 4.69) is 6.92 Å². The number of halogens is 3. The summed E-state index contributed by atoms with van der Waals surface area (Å²) in [7, 11) is 0. The average molecular weight is 348 g/mol. The Labute approximate surface area is 132 Å². The Kier molecular flexibility index (Phi) is 12.7. The van der Waals surface area contributed by atoms with Crippen molar-refractivity contribution in [2.75, 3.05) is 0 Å². The average Bonchev–Trinajstić information content (AvgIpc) is 2.29. The maximum Gasteiger partial charge on any atom is 0.557 e. The summed E-state index contributed by atoms with van der Waals surface area (Å²) in [5, 5.41) is 0. The summed E-state index contributed by atoms with van der Waals surface area (Å²) >= 11 is 16.5. The highest BCUT2D eigenvalue weighted by Crippen LogP contribution is 2.22. The topological polar surface area (TPSA) is 26.3 Å². The SMILES string of the molecule is CCCCCCCCCCCCC(=O)O[Si](Cl)(Cl)Cl. The van der Waals surface area contributed by atoms with Crippen LogP contribution in [0, 0.1) is 0 Å². The second-order valence-corrected chi connectivity index (χ2v) is 12.5. The van der Waals surface area contributed by atoms with Crippen LogP contribution >= 0.6 is 33.2 Å². The zero-order valence-corrected chi connectivity index (χ0v) is 15.0. The molecule has 0 atom stereocenters. The van der Waals surface area contributed by atoms with Crippen LogP contribution in [0.5, 0.6) is 0 Å². The van der Waals surface area contributed by atoms with Gasteiger partial charge in [0.05, 0.1) is 0 Å². The largest absolute Gasteiger partial charge is 0.557 e. The molecular formula is C13H25Cl3O2Si. The summed E-state index contributed by atoms with van der Waals surface area (Å²) in [4.78, 5) is 11.3. The molecular weight excluding hydrogens is 323 g/mol. The van der Waals surface area contributed by atoms with Crippen molar-refractivity contribution in [1.82, 2.24) is 0 Å². The third-order valence-corrected chi connectivity index (χ3v) is 4.12. The third kappa shape index (κ3) is 16.5.